The molecule has 1 atom stereocenters. The molecule has 188 valence electrons. The second kappa shape index (κ2) is 10.0. The molecule has 0 bridgehead atoms. The predicted molar refractivity (Wildman–Crippen MR) is 143 cm³/mol. The minimum absolute atomic E-state index is 0.175. The highest BCUT2D eigenvalue weighted by molar-refractivity contribution is 5.96. The Morgan fingerprint density at radius 1 is 1.17 bits per heavy atom. The minimum atomic E-state index is -0.846. The lowest BCUT2D eigenvalue weighted by Gasteiger charge is -2.39. The summed E-state index contributed by atoms with van der Waals surface area (Å²) >= 11 is 0. The van der Waals surface area contributed by atoms with Crippen molar-refractivity contribution in [1.82, 2.24) is 14.8 Å². The van der Waals surface area contributed by atoms with Crippen LogP contribution in [0.3, 0.4) is 0 Å². The van der Waals surface area contributed by atoms with Crippen LogP contribution in [0.4, 0.5) is 0 Å². The van der Waals surface area contributed by atoms with Crippen molar-refractivity contribution in [2.45, 2.75) is 45.3 Å². The maximum atomic E-state index is 13.2. The van der Waals surface area contributed by atoms with E-state index in [-0.39, 0.29) is 5.91 Å². The molecule has 0 saturated carbocycles. The average Bonchev–Trinajstić information content (AvgIpc) is 3.33. The van der Waals surface area contributed by atoms with E-state index in [0.717, 1.165) is 47.1 Å². The summed E-state index contributed by atoms with van der Waals surface area (Å²) in [5.74, 6) is 0.800. The first-order valence-electron chi connectivity index (χ1n) is 12.9. The summed E-state index contributed by atoms with van der Waals surface area (Å²) in [7, 11) is 1.78. The molecule has 1 saturated heterocycles. The number of piperidine rings is 1. The van der Waals surface area contributed by atoms with Crippen molar-refractivity contribution < 1.29 is 14.3 Å². The number of fused-ring (bicyclic) bond motifs is 2. The van der Waals surface area contributed by atoms with Gasteiger partial charge in [0.25, 0.3) is 5.91 Å². The van der Waals surface area contributed by atoms with E-state index in [1.165, 1.54) is 6.42 Å². The van der Waals surface area contributed by atoms with Crippen LogP contribution < -0.4 is 0 Å². The van der Waals surface area contributed by atoms with Crippen LogP contribution in [0.1, 0.15) is 54.8 Å². The molecule has 36 heavy (non-hydrogen) atoms. The third-order valence-electron chi connectivity index (χ3n) is 7.70. The smallest absolute Gasteiger partial charge is 0.289 e. The van der Waals surface area contributed by atoms with Gasteiger partial charge in [-0.15, -0.1) is 0 Å². The summed E-state index contributed by atoms with van der Waals surface area (Å²) < 4.78 is 5.93. The summed E-state index contributed by atoms with van der Waals surface area (Å²) in [6.07, 6.45) is 4.37. The van der Waals surface area contributed by atoms with E-state index in [1.54, 1.807) is 24.2 Å². The number of benzene rings is 2. The number of nitrogens with zero attached hydrogens (tertiary/aromatic N) is 3. The lowest BCUT2D eigenvalue weighted by atomic mass is 9.84. The molecule has 1 aliphatic rings. The lowest BCUT2D eigenvalue weighted by molar-refractivity contribution is -0.0283. The molecule has 0 radical (unpaired) electrons. The number of hydrogen-bond donors (Lipinski definition) is 1. The normalized spacial score (nSPS) is 16.9. The molecule has 6 heteroatoms. The Balaban J connectivity index is 1.31. The van der Waals surface area contributed by atoms with E-state index in [9.17, 15) is 9.90 Å². The number of carbonyl (C=O) groups is 1. The second-order valence-corrected chi connectivity index (χ2v) is 10.4. The van der Waals surface area contributed by atoms with E-state index < -0.39 is 5.60 Å². The number of rotatable bonds is 7. The summed E-state index contributed by atoms with van der Waals surface area (Å²) in [6.45, 7) is 7.83. The van der Waals surface area contributed by atoms with Crippen molar-refractivity contribution in [2.24, 2.45) is 5.92 Å². The van der Waals surface area contributed by atoms with Crippen molar-refractivity contribution in [2.75, 3.05) is 26.7 Å². The van der Waals surface area contributed by atoms with Gasteiger partial charge in [-0.05, 0) is 60.2 Å². The quantitative estimate of drug-likeness (QED) is 0.370. The first kappa shape index (κ1) is 24.5. The van der Waals surface area contributed by atoms with Crippen LogP contribution in [-0.4, -0.2) is 52.5 Å². The van der Waals surface area contributed by atoms with Gasteiger partial charge in [0, 0.05) is 50.2 Å². The number of pyridine rings is 1. The Hall–Kier alpha value is -3.22. The number of hydrogen-bond acceptors (Lipinski definition) is 5. The number of amides is 1. The van der Waals surface area contributed by atoms with Crippen LogP contribution in [0.15, 0.2) is 65.2 Å². The van der Waals surface area contributed by atoms with Gasteiger partial charge in [-0.1, -0.05) is 44.5 Å². The largest absolute Gasteiger partial charge is 0.451 e. The van der Waals surface area contributed by atoms with Crippen LogP contribution in [0.5, 0.6) is 0 Å². The second-order valence-electron chi connectivity index (χ2n) is 10.4. The molecule has 4 aromatic rings. The zero-order chi connectivity index (χ0) is 25.3. The molecule has 2 aromatic heterocycles. The van der Waals surface area contributed by atoms with E-state index in [2.05, 4.69) is 23.7 Å². The van der Waals surface area contributed by atoms with Crippen LogP contribution in [0.2, 0.25) is 0 Å². The van der Waals surface area contributed by atoms with Gasteiger partial charge < -0.3 is 19.3 Å². The molecule has 1 N–H and O–H groups in total. The summed E-state index contributed by atoms with van der Waals surface area (Å²) in [6, 6.07) is 17.5. The van der Waals surface area contributed by atoms with Crippen molar-refractivity contribution in [3.05, 3.63) is 77.7 Å². The number of carbonyl (C=O) groups excluding carboxylic acids is 1. The zero-order valence-electron chi connectivity index (χ0n) is 21.4. The molecule has 2 aromatic carbocycles. The molecule has 1 fully saturated rings. The van der Waals surface area contributed by atoms with Gasteiger partial charge in [0.1, 0.15) is 5.58 Å². The highest BCUT2D eigenvalue weighted by Crippen LogP contribution is 2.35. The van der Waals surface area contributed by atoms with Crippen molar-refractivity contribution >= 4 is 27.8 Å². The minimum Gasteiger partial charge on any atom is -0.451 e. The predicted octanol–water partition coefficient (Wildman–Crippen LogP) is 5.58. The molecular formula is C30H35N3O3. The lowest BCUT2D eigenvalue weighted by Crippen LogP contribution is -2.43. The summed E-state index contributed by atoms with van der Waals surface area (Å²) in [5, 5.41) is 13.3. The first-order valence-corrected chi connectivity index (χ1v) is 12.9. The molecule has 1 amide bonds. The van der Waals surface area contributed by atoms with Gasteiger partial charge in [0.05, 0.1) is 11.1 Å². The van der Waals surface area contributed by atoms with E-state index >= 15 is 0 Å². The Labute approximate surface area is 212 Å². The molecular weight excluding hydrogens is 450 g/mol. The van der Waals surface area contributed by atoms with Crippen molar-refractivity contribution in [3.63, 3.8) is 0 Å². The summed E-state index contributed by atoms with van der Waals surface area (Å²) in [4.78, 5) is 21.7. The molecule has 5 rings (SSSR count). The van der Waals surface area contributed by atoms with E-state index in [1.807, 2.05) is 48.5 Å². The summed E-state index contributed by atoms with van der Waals surface area (Å²) in [5.41, 5.74) is 2.66. The molecule has 0 unspecified atom stereocenters. The highest BCUT2D eigenvalue weighted by Gasteiger charge is 2.34. The van der Waals surface area contributed by atoms with Gasteiger partial charge in [0.15, 0.2) is 5.76 Å². The monoisotopic (exact) mass is 485 g/mol. The van der Waals surface area contributed by atoms with Gasteiger partial charge >= 0.3 is 0 Å². The molecule has 0 spiro atoms. The van der Waals surface area contributed by atoms with Crippen LogP contribution in [-0.2, 0) is 12.1 Å². The van der Waals surface area contributed by atoms with Gasteiger partial charge in [-0.3, -0.25) is 9.78 Å². The standard InChI is InChI=1S/C30H35N3O3/c1-4-21(2)19-33-15-12-30(35,13-16-33)24-10-11-27-23(17-24)18-28(36-27)29(34)32(3)20-22-7-5-9-26-25(22)8-6-14-31-26/h5-11,14,17-18,21,35H,4,12-13,15-16,19-20H2,1-3H3/t21-/m1/s1. The Kier molecular flexibility index (Phi) is 6.82. The topological polar surface area (TPSA) is 69.8 Å². The van der Waals surface area contributed by atoms with E-state index in [4.69, 9.17) is 4.42 Å². The van der Waals surface area contributed by atoms with Gasteiger partial charge in [-0.25, -0.2) is 0 Å². The van der Waals surface area contributed by atoms with Crippen LogP contribution in [0.25, 0.3) is 21.9 Å². The fourth-order valence-electron chi connectivity index (χ4n) is 5.22. The molecule has 1 aliphatic heterocycles. The van der Waals surface area contributed by atoms with Crippen LogP contribution >= 0.6 is 0 Å². The molecule has 6 nitrogen and oxygen atoms in total. The third-order valence-corrected chi connectivity index (χ3v) is 7.70. The first-order chi connectivity index (χ1) is 17.4. The maximum Gasteiger partial charge on any atom is 0.289 e. The Morgan fingerprint density at radius 2 is 1.97 bits per heavy atom. The van der Waals surface area contributed by atoms with Crippen molar-refractivity contribution in [1.29, 1.82) is 0 Å². The van der Waals surface area contributed by atoms with Crippen LogP contribution in [0, 0.1) is 5.92 Å². The number of aliphatic hydroxyl groups is 1. The maximum absolute atomic E-state index is 13.2. The highest BCUT2D eigenvalue weighted by atomic mass is 16.3. The number of furan rings is 1. The van der Waals surface area contributed by atoms with E-state index in [0.29, 0.717) is 36.6 Å². The third kappa shape index (κ3) is 4.88. The zero-order valence-corrected chi connectivity index (χ0v) is 21.4. The SMILES string of the molecule is CC[C@@H](C)CN1CCC(O)(c2ccc3oc(C(=O)N(C)Cc4cccc5ncccc45)cc3c2)CC1. The number of likely N-dealkylation sites (tertiary alicyclic amines) is 1. The Bertz CT molecular complexity index is 1370. The fraction of sp³-hybridized carbons (Fsp3) is 0.400. The Morgan fingerprint density at radius 3 is 2.75 bits per heavy atom. The molecule has 3 heterocycles. The van der Waals surface area contributed by atoms with Crippen molar-refractivity contribution in [3.8, 4) is 0 Å². The number of aromatic nitrogens is 1. The van der Waals surface area contributed by atoms with Gasteiger partial charge in [-0.2, -0.15) is 0 Å². The molecule has 0 aliphatic carbocycles. The van der Waals surface area contributed by atoms with Gasteiger partial charge in [0.2, 0.25) is 0 Å². The fourth-order valence-corrected chi connectivity index (χ4v) is 5.22. The average molecular weight is 486 g/mol.